The Hall–Kier alpha value is -3.73. The van der Waals surface area contributed by atoms with Crippen molar-refractivity contribution in [2.24, 2.45) is 0 Å². The van der Waals surface area contributed by atoms with Crippen molar-refractivity contribution in [2.45, 2.75) is 50.6 Å². The van der Waals surface area contributed by atoms with Gasteiger partial charge in [0, 0.05) is 47.7 Å². The third kappa shape index (κ3) is 5.79. The van der Waals surface area contributed by atoms with Crippen LogP contribution in [0.25, 0.3) is 28.0 Å². The molecule has 3 heterocycles. The van der Waals surface area contributed by atoms with Crippen molar-refractivity contribution in [1.29, 1.82) is 0 Å². The average Bonchev–Trinajstić information content (AvgIpc) is 2.98. The summed E-state index contributed by atoms with van der Waals surface area (Å²) in [6.07, 6.45) is 1.31. The molecule has 0 bridgehead atoms. The lowest BCUT2D eigenvalue weighted by atomic mass is 10.0. The lowest BCUT2D eigenvalue weighted by molar-refractivity contribution is -0.128. The van der Waals surface area contributed by atoms with Crippen LogP contribution >= 0.6 is 23.6 Å². The molecule has 224 valence electrons. The zero-order valence-electron chi connectivity index (χ0n) is 24.7. The highest BCUT2D eigenvalue weighted by molar-refractivity contribution is 7.94. The Balaban J connectivity index is 1.80. The van der Waals surface area contributed by atoms with Gasteiger partial charge in [0.05, 0.1) is 28.9 Å². The minimum absolute atomic E-state index is 0.0451. The highest BCUT2D eigenvalue weighted by Crippen LogP contribution is 2.37. The first-order valence-corrected chi connectivity index (χ1v) is 15.1. The molecule has 2 atom stereocenters. The number of rotatable bonds is 7. The summed E-state index contributed by atoms with van der Waals surface area (Å²) in [5.74, 6) is -0.173. The van der Waals surface area contributed by atoms with E-state index in [1.54, 1.807) is 36.3 Å². The van der Waals surface area contributed by atoms with Crippen LogP contribution in [0.15, 0.2) is 70.9 Å². The van der Waals surface area contributed by atoms with E-state index in [0.29, 0.717) is 35.6 Å². The van der Waals surface area contributed by atoms with Crippen molar-refractivity contribution in [3.63, 3.8) is 0 Å². The number of piperazine rings is 1. The third-order valence-corrected chi connectivity index (χ3v) is 8.59. The molecule has 1 fully saturated rings. The molecule has 11 heteroatoms. The van der Waals surface area contributed by atoms with Crippen molar-refractivity contribution in [3.05, 3.63) is 88.1 Å². The number of benzene rings is 2. The Labute approximate surface area is 259 Å². The van der Waals surface area contributed by atoms with E-state index < -0.39 is 11.5 Å². The van der Waals surface area contributed by atoms with Crippen LogP contribution < -0.4 is 10.6 Å². The highest BCUT2D eigenvalue weighted by atomic mass is 35.5. The molecule has 2 aromatic carbocycles. The second-order valence-electron chi connectivity index (χ2n) is 10.9. The van der Waals surface area contributed by atoms with Gasteiger partial charge in [-0.1, -0.05) is 44.2 Å². The number of pyridine rings is 1. The van der Waals surface area contributed by atoms with E-state index in [0.717, 1.165) is 10.5 Å². The number of amides is 1. The molecule has 0 saturated carbocycles. The molecule has 2 aromatic heterocycles. The Kier molecular flexibility index (Phi) is 8.91. The smallest absolute Gasteiger partial charge is 0.349 e. The minimum atomic E-state index is -0.532. The summed E-state index contributed by atoms with van der Waals surface area (Å²) in [7, 11) is 1.60. The lowest BCUT2D eigenvalue weighted by Gasteiger charge is -2.44. The second-order valence-corrected chi connectivity index (χ2v) is 12.3. The SMILES string of the molecule is C=CC(=O)N1C[C@H](C)N(c2nc(=O)n(-c3ccc(SOC)cc3C(C)C)c3nc(-c4ccccc4F)c(Cl)cc23)C[C@H]1C. The molecule has 0 aliphatic carbocycles. The maximum atomic E-state index is 15.0. The predicted molar refractivity (Wildman–Crippen MR) is 171 cm³/mol. The molecule has 8 nitrogen and oxygen atoms in total. The van der Waals surface area contributed by atoms with E-state index in [4.69, 9.17) is 20.8 Å². The summed E-state index contributed by atoms with van der Waals surface area (Å²) in [5.41, 5.74) is 1.72. The largest absolute Gasteiger partial charge is 0.355 e. The molecule has 1 aliphatic rings. The number of hydrogen-bond acceptors (Lipinski definition) is 7. The van der Waals surface area contributed by atoms with Gasteiger partial charge >= 0.3 is 5.69 Å². The summed E-state index contributed by atoms with van der Waals surface area (Å²) in [4.78, 5) is 40.7. The number of carbonyl (C=O) groups is 1. The van der Waals surface area contributed by atoms with Crippen molar-refractivity contribution in [3.8, 4) is 16.9 Å². The van der Waals surface area contributed by atoms with Crippen LogP contribution in [0.5, 0.6) is 0 Å². The number of fused-ring (bicyclic) bond motifs is 1. The average molecular weight is 622 g/mol. The first-order valence-electron chi connectivity index (χ1n) is 14.0. The van der Waals surface area contributed by atoms with Crippen molar-refractivity contribution >= 4 is 46.4 Å². The summed E-state index contributed by atoms with van der Waals surface area (Å²) in [5, 5.41) is 0.764. The minimum Gasteiger partial charge on any atom is -0.349 e. The van der Waals surface area contributed by atoms with Gasteiger partial charge in [-0.15, -0.1) is 0 Å². The first-order chi connectivity index (χ1) is 20.5. The number of aromatic nitrogens is 3. The van der Waals surface area contributed by atoms with Crippen LogP contribution in [-0.4, -0.2) is 57.6 Å². The van der Waals surface area contributed by atoms with E-state index in [2.05, 4.69) is 11.6 Å². The van der Waals surface area contributed by atoms with Crippen molar-refractivity contribution in [1.82, 2.24) is 19.4 Å². The molecule has 4 aromatic rings. The van der Waals surface area contributed by atoms with E-state index in [1.807, 2.05) is 50.8 Å². The van der Waals surface area contributed by atoms with Crippen LogP contribution in [0.3, 0.4) is 0 Å². The molecule has 1 amide bonds. The molecular formula is C32H33ClFN5O3S. The molecule has 1 saturated heterocycles. The third-order valence-electron chi connectivity index (χ3n) is 7.69. The standard InChI is InChI=1S/C32H33ClFN5O3S/c1-7-28(40)37-16-20(5)38(17-19(37)4)30-24-15-25(33)29(22-10-8-9-11-26(22)34)35-31(24)39(32(41)36-30)27-13-12-21(43-42-6)14-23(27)18(2)3/h7-15,18-20H,1,16-17H2,2-6H3/t19-,20+/m1/s1. The maximum Gasteiger partial charge on any atom is 0.355 e. The van der Waals surface area contributed by atoms with E-state index in [9.17, 15) is 14.0 Å². The molecule has 5 rings (SSSR count). The quantitative estimate of drug-likeness (QED) is 0.169. The molecule has 0 unspecified atom stereocenters. The molecular weight excluding hydrogens is 589 g/mol. The summed E-state index contributed by atoms with van der Waals surface area (Å²) < 4.78 is 21.7. The summed E-state index contributed by atoms with van der Waals surface area (Å²) >= 11 is 8.03. The van der Waals surface area contributed by atoms with Gasteiger partial charge in [0.1, 0.15) is 11.6 Å². The van der Waals surface area contributed by atoms with Gasteiger partial charge in [0.25, 0.3) is 0 Å². The van der Waals surface area contributed by atoms with Gasteiger partial charge in [-0.3, -0.25) is 4.79 Å². The topological polar surface area (TPSA) is 80.6 Å². The molecule has 0 spiro atoms. The molecule has 0 radical (unpaired) electrons. The lowest BCUT2D eigenvalue weighted by Crippen LogP contribution is -2.58. The van der Waals surface area contributed by atoms with Gasteiger partial charge in [0.15, 0.2) is 5.65 Å². The predicted octanol–water partition coefficient (Wildman–Crippen LogP) is 6.63. The van der Waals surface area contributed by atoms with Gasteiger partial charge < -0.3 is 14.0 Å². The van der Waals surface area contributed by atoms with Gasteiger partial charge in [0.2, 0.25) is 5.91 Å². The number of halogens is 2. The monoisotopic (exact) mass is 621 g/mol. The number of hydrogen-bond donors (Lipinski definition) is 0. The molecule has 43 heavy (non-hydrogen) atoms. The van der Waals surface area contributed by atoms with E-state index >= 15 is 0 Å². The number of anilines is 1. The Morgan fingerprint density at radius 2 is 1.88 bits per heavy atom. The Morgan fingerprint density at radius 1 is 1.14 bits per heavy atom. The fourth-order valence-electron chi connectivity index (χ4n) is 5.58. The second kappa shape index (κ2) is 12.5. The van der Waals surface area contributed by atoms with Gasteiger partial charge in [-0.25, -0.2) is 18.7 Å². The van der Waals surface area contributed by atoms with Crippen LogP contribution in [0.4, 0.5) is 10.2 Å². The Morgan fingerprint density at radius 3 is 2.56 bits per heavy atom. The fraction of sp³-hybridized carbons (Fsp3) is 0.312. The zero-order chi connectivity index (χ0) is 31.0. The normalized spacial score (nSPS) is 17.1. The van der Waals surface area contributed by atoms with Crippen molar-refractivity contribution < 1.29 is 13.4 Å². The summed E-state index contributed by atoms with van der Waals surface area (Å²) in [6.45, 7) is 12.5. The zero-order valence-corrected chi connectivity index (χ0v) is 26.2. The van der Waals surface area contributed by atoms with Gasteiger partial charge in [-0.05, 0) is 67.8 Å². The summed E-state index contributed by atoms with van der Waals surface area (Å²) in [6, 6.07) is 13.3. The number of nitrogens with zero attached hydrogens (tertiary/aromatic N) is 5. The molecule has 0 N–H and O–H groups in total. The van der Waals surface area contributed by atoms with Crippen LogP contribution in [-0.2, 0) is 8.98 Å². The van der Waals surface area contributed by atoms with Crippen LogP contribution in [0.1, 0.15) is 39.2 Å². The van der Waals surface area contributed by atoms with Gasteiger partial charge in [-0.2, -0.15) is 4.98 Å². The van der Waals surface area contributed by atoms with Crippen LogP contribution in [0.2, 0.25) is 5.02 Å². The number of carbonyl (C=O) groups excluding carboxylic acids is 1. The highest BCUT2D eigenvalue weighted by Gasteiger charge is 2.34. The van der Waals surface area contributed by atoms with E-state index in [-0.39, 0.29) is 40.2 Å². The Bertz CT molecular complexity index is 1780. The first kappa shape index (κ1) is 30.7. The maximum absolute atomic E-state index is 15.0. The van der Waals surface area contributed by atoms with Crippen LogP contribution in [0, 0.1) is 5.82 Å². The fourth-order valence-corrected chi connectivity index (χ4v) is 6.32. The van der Waals surface area contributed by atoms with Crippen molar-refractivity contribution in [2.75, 3.05) is 25.1 Å². The molecule has 1 aliphatic heterocycles. The van der Waals surface area contributed by atoms with E-state index in [1.165, 1.54) is 28.8 Å².